The van der Waals surface area contributed by atoms with Gasteiger partial charge in [-0.1, -0.05) is 424 Å². The van der Waals surface area contributed by atoms with Gasteiger partial charge < -0.3 is 9.11 Å². The third-order valence-corrected chi connectivity index (χ3v) is 22.8. The van der Waals surface area contributed by atoms with Crippen LogP contribution in [-0.4, -0.2) is 74.8 Å². The van der Waals surface area contributed by atoms with Crippen LogP contribution in [0.25, 0.3) is 21.5 Å². The first-order valence-corrected chi connectivity index (χ1v) is 44.8. The molecule has 0 bridgehead atoms. The number of aryl methyl sites for hydroxylation is 4. The van der Waals surface area contributed by atoms with E-state index in [4.69, 9.17) is 0 Å². The van der Waals surface area contributed by atoms with Crippen molar-refractivity contribution < 1.29 is 25.9 Å². The van der Waals surface area contributed by atoms with Crippen molar-refractivity contribution in [2.24, 2.45) is 0 Å². The predicted octanol–water partition coefficient (Wildman–Crippen LogP) is 28.8. The van der Waals surface area contributed by atoms with Crippen LogP contribution >= 0.6 is 0 Å². The van der Waals surface area contributed by atoms with Gasteiger partial charge in [-0.3, -0.25) is 0 Å². The maximum absolute atomic E-state index is 11.7. The average molecular weight is 1510 g/mol. The Morgan fingerprint density at radius 3 is 0.588 bits per heavy atom. The summed E-state index contributed by atoms with van der Waals surface area (Å²) in [6, 6.07) is 18.4. The molecule has 0 aliphatic carbocycles. The second-order valence-electron chi connectivity index (χ2n) is 29.9. The molecule has 0 aromatic heterocycles. The first-order valence-electron chi connectivity index (χ1n) is 41.9. The van der Waals surface area contributed by atoms with Crippen molar-refractivity contribution in [2.45, 2.75) is 448 Å². The van der Waals surface area contributed by atoms with Gasteiger partial charge in [-0.25, -0.2) is 16.8 Å². The fourth-order valence-corrected chi connectivity index (χ4v) is 15.9. The van der Waals surface area contributed by atoms with Crippen LogP contribution in [0.4, 0.5) is 0 Å². The number of rotatable bonds is 66. The molecule has 0 fully saturated rings. The van der Waals surface area contributed by atoms with Crippen LogP contribution in [0.2, 0.25) is 0 Å². The van der Waals surface area contributed by atoms with E-state index in [0.29, 0.717) is 0 Å². The molecule has 0 unspecified atom stereocenters. The van der Waals surface area contributed by atoms with E-state index in [-0.39, 0.29) is 58.7 Å². The van der Waals surface area contributed by atoms with Crippen LogP contribution in [0.1, 0.15) is 435 Å². The predicted molar refractivity (Wildman–Crippen MR) is 424 cm³/mol. The summed E-state index contributed by atoms with van der Waals surface area (Å²) >= 11 is 0. The Bertz CT molecular complexity index is 2500. The summed E-state index contributed by atoms with van der Waals surface area (Å²) < 4.78 is 70.0. The molecular weight excluding hydrogens is 1350 g/mol. The van der Waals surface area contributed by atoms with Gasteiger partial charge in [0.2, 0.25) is 0 Å². The van der Waals surface area contributed by atoms with E-state index in [9.17, 15) is 25.9 Å². The summed E-state index contributed by atoms with van der Waals surface area (Å²) in [4.78, 5) is -0.244. The van der Waals surface area contributed by atoms with Crippen LogP contribution in [-0.2, 0) is 45.9 Å². The van der Waals surface area contributed by atoms with Gasteiger partial charge in [0.15, 0.2) is 0 Å². The Morgan fingerprint density at radius 2 is 0.402 bits per heavy atom. The van der Waals surface area contributed by atoms with E-state index in [1.54, 1.807) is 12.1 Å². The molecule has 0 saturated carbocycles. The van der Waals surface area contributed by atoms with Crippen LogP contribution in [0.5, 0.6) is 0 Å². The smallest absolute Gasteiger partial charge is 0.744 e. The number of hydrogen-bond donors (Lipinski definition) is 0. The van der Waals surface area contributed by atoms with Gasteiger partial charge in [0.25, 0.3) is 0 Å². The standard InChI is InChI=1S/2C44H76O3S.Ba/c2*1-3-5-7-9-11-13-15-17-19-21-23-25-27-29-31-33-40-35-36-41-39-42(48(45,46)47)37-38-44(41)43(40)34-32-30-28-26-24-22-20-18-16-14-12-10-8-6-4-2;/h2*35-39H,3-34H2,1-2H3,(H,45,46,47);/q;;+2/p-2. The van der Waals surface area contributed by atoms with Gasteiger partial charge in [-0.2, -0.15) is 0 Å². The minimum Gasteiger partial charge on any atom is -0.744 e. The Hall–Kier alpha value is -1.21. The van der Waals surface area contributed by atoms with E-state index >= 15 is 0 Å². The largest absolute Gasteiger partial charge is 2.00 e. The van der Waals surface area contributed by atoms with Crippen molar-refractivity contribution in [3.63, 3.8) is 0 Å². The molecule has 0 amide bonds. The minimum atomic E-state index is -4.45. The van der Waals surface area contributed by atoms with Gasteiger partial charge in [-0.05, 0) is 119 Å². The van der Waals surface area contributed by atoms with Gasteiger partial charge in [0.1, 0.15) is 20.2 Å². The Morgan fingerprint density at radius 1 is 0.227 bits per heavy atom. The molecule has 4 rings (SSSR count). The molecule has 0 N–H and O–H groups in total. The molecule has 9 heteroatoms. The molecule has 552 valence electrons. The maximum Gasteiger partial charge on any atom is 2.00 e. The van der Waals surface area contributed by atoms with Crippen molar-refractivity contribution in [1.29, 1.82) is 0 Å². The van der Waals surface area contributed by atoms with Gasteiger partial charge >= 0.3 is 48.9 Å². The topological polar surface area (TPSA) is 114 Å². The Labute approximate surface area is 642 Å². The minimum absolute atomic E-state index is 0. The first kappa shape index (κ1) is 91.9. The molecule has 97 heavy (non-hydrogen) atoms. The molecule has 6 nitrogen and oxygen atoms in total. The number of fused-ring (bicyclic) bond motifs is 2. The molecule has 4 aromatic carbocycles. The quantitative estimate of drug-likeness (QED) is 0.0247. The van der Waals surface area contributed by atoms with Crippen LogP contribution in [0, 0.1) is 0 Å². The normalized spacial score (nSPS) is 11.9. The van der Waals surface area contributed by atoms with E-state index in [2.05, 4.69) is 39.8 Å². The maximum atomic E-state index is 11.7. The molecular formula is C88H150BaO6S2. The van der Waals surface area contributed by atoms with Crippen molar-refractivity contribution >= 4 is 90.7 Å². The summed E-state index contributed by atoms with van der Waals surface area (Å²) in [7, 11) is -8.90. The second kappa shape index (κ2) is 63.3. The molecule has 0 aliphatic rings. The van der Waals surface area contributed by atoms with Crippen LogP contribution < -0.4 is 0 Å². The molecule has 0 spiro atoms. The van der Waals surface area contributed by atoms with E-state index in [1.165, 1.54) is 420 Å². The Balaban J connectivity index is 0.000000653. The molecule has 0 saturated heterocycles. The SMILES string of the molecule is CCCCCCCCCCCCCCCCCc1ccc2cc(S(=O)(=O)[O-])ccc2c1CCCCCCCCCCCCCCCCC.CCCCCCCCCCCCCCCCCc1ccc2cc(S(=O)(=O)[O-])ccc2c1CCCCCCCCCCCCCCCCC.[Ba+2]. The van der Waals surface area contributed by atoms with Crippen LogP contribution in [0.3, 0.4) is 0 Å². The molecule has 0 radical (unpaired) electrons. The van der Waals surface area contributed by atoms with Crippen molar-refractivity contribution in [1.82, 2.24) is 0 Å². The van der Waals surface area contributed by atoms with E-state index < -0.39 is 20.2 Å². The molecule has 0 atom stereocenters. The summed E-state index contributed by atoms with van der Waals surface area (Å²) in [6.45, 7) is 9.15. The van der Waals surface area contributed by atoms with Crippen molar-refractivity contribution in [3.8, 4) is 0 Å². The van der Waals surface area contributed by atoms with Gasteiger partial charge in [0, 0.05) is 0 Å². The van der Waals surface area contributed by atoms with Crippen molar-refractivity contribution in [2.75, 3.05) is 0 Å². The van der Waals surface area contributed by atoms with E-state index in [0.717, 1.165) is 47.2 Å². The molecule has 0 aliphatic heterocycles. The number of benzene rings is 4. The first-order chi connectivity index (χ1) is 46.9. The number of unbranched alkanes of at least 4 members (excludes halogenated alkanes) is 56. The van der Waals surface area contributed by atoms with Gasteiger partial charge in [0.05, 0.1) is 9.79 Å². The zero-order valence-corrected chi connectivity index (χ0v) is 70.1. The summed E-state index contributed by atoms with van der Waals surface area (Å²) in [5, 5.41) is 4.02. The third-order valence-electron chi connectivity index (χ3n) is 21.1. The number of hydrogen-bond acceptors (Lipinski definition) is 6. The van der Waals surface area contributed by atoms with Crippen LogP contribution in [0.15, 0.2) is 70.5 Å². The Kier molecular flexibility index (Phi) is 59.9. The summed E-state index contributed by atoms with van der Waals surface area (Å²) in [6.07, 6.45) is 86.5. The average Bonchev–Trinajstić information content (AvgIpc) is 0.801. The monoisotopic (exact) mass is 1500 g/mol. The summed E-state index contributed by atoms with van der Waals surface area (Å²) in [5.74, 6) is 0. The zero-order valence-electron chi connectivity index (χ0n) is 64.0. The van der Waals surface area contributed by atoms with Crippen molar-refractivity contribution in [3.05, 3.63) is 82.9 Å². The molecule has 0 heterocycles. The summed E-state index contributed by atoms with van der Waals surface area (Å²) in [5.41, 5.74) is 5.59. The fourth-order valence-electron chi connectivity index (χ4n) is 14.9. The third kappa shape index (κ3) is 47.7. The fraction of sp³-hybridized carbons (Fsp3) is 0.773. The van der Waals surface area contributed by atoms with Gasteiger partial charge in [-0.15, -0.1) is 0 Å². The van der Waals surface area contributed by atoms with E-state index in [1.807, 2.05) is 24.3 Å². The molecule has 4 aromatic rings. The second-order valence-corrected chi connectivity index (χ2v) is 32.6. The zero-order chi connectivity index (χ0) is 69.1.